The van der Waals surface area contributed by atoms with E-state index in [2.05, 4.69) is 11.9 Å². The lowest BCUT2D eigenvalue weighted by Gasteiger charge is -2.01. The van der Waals surface area contributed by atoms with Crippen molar-refractivity contribution in [2.45, 2.75) is 31.9 Å². The van der Waals surface area contributed by atoms with Gasteiger partial charge >= 0.3 is 0 Å². The highest BCUT2D eigenvalue weighted by Crippen LogP contribution is 2.13. The van der Waals surface area contributed by atoms with Crippen LogP contribution in [-0.2, 0) is 5.75 Å². The Morgan fingerprint density at radius 3 is 2.93 bits per heavy atom. The van der Waals surface area contributed by atoms with Gasteiger partial charge in [0.25, 0.3) is 0 Å². The Bertz CT molecular complexity index is 263. The standard InChI is InChI=1S/C11H18N2S/c1-2-3-4-8-14-9-10-6-5-7-11(12)13-10/h5-7H,2-4,8-9H2,1H3,(H2,12,13). The minimum atomic E-state index is 0.622. The van der Waals surface area contributed by atoms with Crippen LogP contribution >= 0.6 is 11.8 Å². The highest BCUT2D eigenvalue weighted by molar-refractivity contribution is 7.98. The van der Waals surface area contributed by atoms with E-state index in [1.54, 1.807) is 0 Å². The number of nitrogens with zero attached hydrogens (tertiary/aromatic N) is 1. The van der Waals surface area contributed by atoms with Gasteiger partial charge in [0.1, 0.15) is 5.82 Å². The molecular formula is C11H18N2S. The van der Waals surface area contributed by atoms with Crippen molar-refractivity contribution in [1.29, 1.82) is 0 Å². The predicted molar refractivity (Wildman–Crippen MR) is 64.3 cm³/mol. The summed E-state index contributed by atoms with van der Waals surface area (Å²) in [6.07, 6.45) is 3.93. The maximum absolute atomic E-state index is 5.59. The lowest BCUT2D eigenvalue weighted by molar-refractivity contribution is 0.778. The number of aromatic nitrogens is 1. The molecular weight excluding hydrogens is 192 g/mol. The van der Waals surface area contributed by atoms with Crippen LogP contribution in [-0.4, -0.2) is 10.7 Å². The Labute approximate surface area is 90.3 Å². The zero-order chi connectivity index (χ0) is 10.2. The normalized spacial score (nSPS) is 10.4. The van der Waals surface area contributed by atoms with E-state index in [1.807, 2.05) is 30.0 Å². The summed E-state index contributed by atoms with van der Waals surface area (Å²) in [5, 5.41) is 0. The topological polar surface area (TPSA) is 38.9 Å². The maximum Gasteiger partial charge on any atom is 0.123 e. The van der Waals surface area contributed by atoms with Gasteiger partial charge in [-0.1, -0.05) is 25.8 Å². The molecule has 0 radical (unpaired) electrons. The molecule has 14 heavy (non-hydrogen) atoms. The first-order valence-corrected chi connectivity index (χ1v) is 6.27. The molecule has 1 heterocycles. The average molecular weight is 210 g/mol. The molecule has 1 aromatic heterocycles. The van der Waals surface area contributed by atoms with Crippen LogP contribution in [0.3, 0.4) is 0 Å². The number of unbranched alkanes of at least 4 members (excludes halogenated alkanes) is 2. The second-order valence-electron chi connectivity index (χ2n) is 3.31. The maximum atomic E-state index is 5.59. The number of thioether (sulfide) groups is 1. The molecule has 0 atom stereocenters. The van der Waals surface area contributed by atoms with Gasteiger partial charge in [-0.25, -0.2) is 4.98 Å². The number of hydrogen-bond donors (Lipinski definition) is 1. The van der Waals surface area contributed by atoms with Crippen LogP contribution in [0.4, 0.5) is 5.82 Å². The smallest absolute Gasteiger partial charge is 0.123 e. The summed E-state index contributed by atoms with van der Waals surface area (Å²) in [5.41, 5.74) is 6.68. The number of hydrogen-bond acceptors (Lipinski definition) is 3. The highest BCUT2D eigenvalue weighted by Gasteiger charge is 1.95. The quantitative estimate of drug-likeness (QED) is 0.733. The summed E-state index contributed by atoms with van der Waals surface area (Å²) in [6, 6.07) is 5.82. The molecule has 78 valence electrons. The van der Waals surface area contributed by atoms with Crippen molar-refractivity contribution in [3.8, 4) is 0 Å². The summed E-state index contributed by atoms with van der Waals surface area (Å²) in [7, 11) is 0. The third kappa shape index (κ3) is 4.51. The molecule has 1 rings (SSSR count). The SMILES string of the molecule is CCCCCSCc1cccc(N)n1. The van der Waals surface area contributed by atoms with E-state index in [1.165, 1.54) is 25.0 Å². The lowest BCUT2D eigenvalue weighted by atomic mass is 10.3. The van der Waals surface area contributed by atoms with Crippen molar-refractivity contribution in [2.24, 2.45) is 0 Å². The number of nitrogen functional groups attached to an aromatic ring is 1. The van der Waals surface area contributed by atoms with Gasteiger partial charge in [0, 0.05) is 5.75 Å². The van der Waals surface area contributed by atoms with Gasteiger partial charge in [-0.2, -0.15) is 11.8 Å². The molecule has 0 saturated heterocycles. The fourth-order valence-corrected chi connectivity index (χ4v) is 2.13. The van der Waals surface area contributed by atoms with Crippen LogP contribution in [0, 0.1) is 0 Å². The highest BCUT2D eigenvalue weighted by atomic mass is 32.2. The number of pyridine rings is 1. The average Bonchev–Trinajstić information content (AvgIpc) is 2.18. The van der Waals surface area contributed by atoms with E-state index < -0.39 is 0 Å². The summed E-state index contributed by atoms with van der Waals surface area (Å²) in [4.78, 5) is 4.25. The molecule has 2 nitrogen and oxygen atoms in total. The zero-order valence-corrected chi connectivity index (χ0v) is 9.52. The molecule has 3 heteroatoms. The first kappa shape index (κ1) is 11.4. The van der Waals surface area contributed by atoms with Gasteiger partial charge in [-0.3, -0.25) is 0 Å². The number of rotatable bonds is 6. The van der Waals surface area contributed by atoms with Crippen molar-refractivity contribution in [3.05, 3.63) is 23.9 Å². The molecule has 2 N–H and O–H groups in total. The Balaban J connectivity index is 2.18. The van der Waals surface area contributed by atoms with Gasteiger partial charge < -0.3 is 5.73 Å². The molecule has 0 aliphatic rings. The van der Waals surface area contributed by atoms with Crippen LogP contribution in [0.5, 0.6) is 0 Å². The molecule has 0 saturated carbocycles. The van der Waals surface area contributed by atoms with E-state index in [4.69, 9.17) is 5.73 Å². The fraction of sp³-hybridized carbons (Fsp3) is 0.545. The summed E-state index contributed by atoms with van der Waals surface area (Å²) in [5.74, 6) is 2.83. The summed E-state index contributed by atoms with van der Waals surface area (Å²) >= 11 is 1.94. The third-order valence-electron chi connectivity index (χ3n) is 1.97. The monoisotopic (exact) mass is 210 g/mol. The van der Waals surface area contributed by atoms with Crippen molar-refractivity contribution in [2.75, 3.05) is 11.5 Å². The molecule has 0 unspecified atom stereocenters. The van der Waals surface area contributed by atoms with Gasteiger partial charge in [0.15, 0.2) is 0 Å². The van der Waals surface area contributed by atoms with Crippen molar-refractivity contribution >= 4 is 17.6 Å². The molecule has 0 aliphatic heterocycles. The van der Waals surface area contributed by atoms with Gasteiger partial charge in [-0.15, -0.1) is 0 Å². The largest absolute Gasteiger partial charge is 0.384 e. The molecule has 0 fully saturated rings. The van der Waals surface area contributed by atoms with E-state index in [-0.39, 0.29) is 0 Å². The van der Waals surface area contributed by atoms with Crippen molar-refractivity contribution in [3.63, 3.8) is 0 Å². The van der Waals surface area contributed by atoms with Crippen molar-refractivity contribution in [1.82, 2.24) is 4.98 Å². The van der Waals surface area contributed by atoms with Gasteiger partial charge in [0.2, 0.25) is 0 Å². The van der Waals surface area contributed by atoms with Crippen LogP contribution in [0.2, 0.25) is 0 Å². The second kappa shape index (κ2) is 6.71. The Kier molecular flexibility index (Phi) is 5.45. The van der Waals surface area contributed by atoms with E-state index >= 15 is 0 Å². The molecule has 0 bridgehead atoms. The summed E-state index contributed by atoms with van der Waals surface area (Å²) < 4.78 is 0. The van der Waals surface area contributed by atoms with E-state index in [9.17, 15) is 0 Å². The zero-order valence-electron chi connectivity index (χ0n) is 8.70. The molecule has 1 aromatic rings. The van der Waals surface area contributed by atoms with Gasteiger partial charge in [0.05, 0.1) is 5.69 Å². The minimum absolute atomic E-state index is 0.622. The number of nitrogens with two attached hydrogens (primary N) is 1. The Morgan fingerprint density at radius 2 is 2.21 bits per heavy atom. The number of anilines is 1. The fourth-order valence-electron chi connectivity index (χ4n) is 1.21. The summed E-state index contributed by atoms with van der Waals surface area (Å²) in [6.45, 7) is 2.23. The van der Waals surface area contributed by atoms with Crippen LogP contribution < -0.4 is 5.73 Å². The Morgan fingerprint density at radius 1 is 1.36 bits per heavy atom. The van der Waals surface area contributed by atoms with Gasteiger partial charge in [-0.05, 0) is 24.3 Å². The van der Waals surface area contributed by atoms with Crippen LogP contribution in [0.1, 0.15) is 31.9 Å². The first-order chi connectivity index (χ1) is 6.83. The molecule has 0 amide bonds. The Hall–Kier alpha value is -0.700. The second-order valence-corrected chi connectivity index (χ2v) is 4.42. The van der Waals surface area contributed by atoms with Crippen molar-refractivity contribution < 1.29 is 0 Å². The van der Waals surface area contributed by atoms with E-state index in [0.29, 0.717) is 5.82 Å². The minimum Gasteiger partial charge on any atom is -0.384 e. The molecule has 0 aliphatic carbocycles. The lowest BCUT2D eigenvalue weighted by Crippen LogP contribution is -1.93. The third-order valence-corrected chi connectivity index (χ3v) is 3.05. The van der Waals surface area contributed by atoms with E-state index in [0.717, 1.165) is 11.4 Å². The first-order valence-electron chi connectivity index (χ1n) is 5.12. The van der Waals surface area contributed by atoms with Crippen LogP contribution in [0.25, 0.3) is 0 Å². The molecule has 0 aromatic carbocycles. The molecule has 0 spiro atoms. The van der Waals surface area contributed by atoms with Crippen LogP contribution in [0.15, 0.2) is 18.2 Å². The predicted octanol–water partition coefficient (Wildman–Crippen LogP) is 3.09.